The van der Waals surface area contributed by atoms with Gasteiger partial charge in [-0.05, 0) is 25.1 Å². The third-order valence-corrected chi connectivity index (χ3v) is 2.49. The molecule has 0 spiro atoms. The van der Waals surface area contributed by atoms with E-state index in [-0.39, 0.29) is 5.78 Å². The molecule has 0 amide bonds. The number of anilines is 2. The van der Waals surface area contributed by atoms with E-state index in [1.165, 1.54) is 6.92 Å². The summed E-state index contributed by atoms with van der Waals surface area (Å²) in [5.74, 6) is -0.0144. The molecule has 1 rings (SSSR count). The second kappa shape index (κ2) is 5.51. The van der Waals surface area contributed by atoms with Gasteiger partial charge in [0.05, 0.1) is 6.61 Å². The number of methoxy groups -OCH3 is 1. The van der Waals surface area contributed by atoms with Crippen molar-refractivity contribution in [2.45, 2.75) is 6.92 Å². The molecule has 0 saturated carbocycles. The van der Waals surface area contributed by atoms with Crippen LogP contribution in [0.1, 0.15) is 17.3 Å². The Labute approximate surface area is 96.0 Å². The SMILES string of the molecule is COCCN(C)c1ccc(N)c(C(C)=O)c1. The molecule has 16 heavy (non-hydrogen) atoms. The highest BCUT2D eigenvalue weighted by molar-refractivity contribution is 6.00. The van der Waals surface area contributed by atoms with Crippen molar-refractivity contribution in [2.75, 3.05) is 37.9 Å². The van der Waals surface area contributed by atoms with E-state index >= 15 is 0 Å². The molecule has 0 aliphatic rings. The van der Waals surface area contributed by atoms with Gasteiger partial charge < -0.3 is 15.4 Å². The molecule has 88 valence electrons. The van der Waals surface area contributed by atoms with Gasteiger partial charge in [0.15, 0.2) is 5.78 Å². The summed E-state index contributed by atoms with van der Waals surface area (Å²) in [6.45, 7) is 2.94. The quantitative estimate of drug-likeness (QED) is 0.606. The minimum atomic E-state index is -0.0144. The second-order valence-corrected chi connectivity index (χ2v) is 3.74. The van der Waals surface area contributed by atoms with Crippen LogP contribution in [0, 0.1) is 0 Å². The minimum absolute atomic E-state index is 0.0144. The molecule has 0 unspecified atom stereocenters. The van der Waals surface area contributed by atoms with Gasteiger partial charge in [-0.2, -0.15) is 0 Å². The van der Waals surface area contributed by atoms with Crippen LogP contribution in [0.3, 0.4) is 0 Å². The number of nitrogens with zero attached hydrogens (tertiary/aromatic N) is 1. The van der Waals surface area contributed by atoms with Crippen LogP contribution in [-0.4, -0.2) is 33.1 Å². The molecule has 0 aliphatic carbocycles. The van der Waals surface area contributed by atoms with Crippen LogP contribution in [0.2, 0.25) is 0 Å². The molecule has 0 radical (unpaired) electrons. The lowest BCUT2D eigenvalue weighted by Gasteiger charge is -2.19. The standard InChI is InChI=1S/C12H18N2O2/c1-9(15)11-8-10(4-5-12(11)13)14(2)6-7-16-3/h4-5,8H,6-7,13H2,1-3H3. The highest BCUT2D eigenvalue weighted by atomic mass is 16.5. The van der Waals surface area contributed by atoms with Gasteiger partial charge in [-0.15, -0.1) is 0 Å². The van der Waals surface area contributed by atoms with Gasteiger partial charge in [0.2, 0.25) is 0 Å². The Bertz CT molecular complexity index is 377. The fourth-order valence-electron chi connectivity index (χ4n) is 1.44. The normalized spacial score (nSPS) is 10.2. The van der Waals surface area contributed by atoms with Crippen molar-refractivity contribution >= 4 is 17.2 Å². The third kappa shape index (κ3) is 2.97. The number of ether oxygens (including phenoxy) is 1. The van der Waals surface area contributed by atoms with Crippen molar-refractivity contribution in [1.29, 1.82) is 0 Å². The van der Waals surface area contributed by atoms with Gasteiger partial charge in [0, 0.05) is 37.6 Å². The molecular weight excluding hydrogens is 204 g/mol. The van der Waals surface area contributed by atoms with Gasteiger partial charge in [-0.25, -0.2) is 0 Å². The summed E-state index contributed by atoms with van der Waals surface area (Å²) in [6.07, 6.45) is 0. The number of nitrogen functional groups attached to an aromatic ring is 1. The first-order valence-electron chi connectivity index (χ1n) is 5.16. The second-order valence-electron chi connectivity index (χ2n) is 3.74. The lowest BCUT2D eigenvalue weighted by molar-refractivity contribution is 0.101. The molecule has 0 bridgehead atoms. The lowest BCUT2D eigenvalue weighted by atomic mass is 10.1. The Hall–Kier alpha value is -1.55. The molecule has 1 aromatic carbocycles. The molecule has 0 saturated heterocycles. The Kier molecular flexibility index (Phi) is 4.31. The molecule has 0 heterocycles. The average Bonchev–Trinajstić information content (AvgIpc) is 2.26. The van der Waals surface area contributed by atoms with E-state index < -0.39 is 0 Å². The van der Waals surface area contributed by atoms with E-state index in [4.69, 9.17) is 10.5 Å². The van der Waals surface area contributed by atoms with Gasteiger partial charge in [-0.3, -0.25) is 4.79 Å². The topological polar surface area (TPSA) is 55.6 Å². The molecule has 4 heteroatoms. The first-order valence-corrected chi connectivity index (χ1v) is 5.16. The highest BCUT2D eigenvalue weighted by Crippen LogP contribution is 2.20. The number of nitrogens with two attached hydrogens (primary N) is 1. The predicted octanol–water partition coefficient (Wildman–Crippen LogP) is 1.55. The maximum absolute atomic E-state index is 11.3. The maximum Gasteiger partial charge on any atom is 0.161 e. The summed E-state index contributed by atoms with van der Waals surface area (Å²) in [5, 5.41) is 0. The number of benzene rings is 1. The summed E-state index contributed by atoms with van der Waals surface area (Å²) >= 11 is 0. The van der Waals surface area contributed by atoms with E-state index in [2.05, 4.69) is 0 Å². The molecule has 4 nitrogen and oxygen atoms in total. The van der Waals surface area contributed by atoms with Crippen molar-refractivity contribution in [3.8, 4) is 0 Å². The Morgan fingerprint density at radius 3 is 2.75 bits per heavy atom. The van der Waals surface area contributed by atoms with Crippen LogP contribution in [0.15, 0.2) is 18.2 Å². The smallest absolute Gasteiger partial charge is 0.161 e. The molecule has 0 aromatic heterocycles. The number of rotatable bonds is 5. The van der Waals surface area contributed by atoms with Gasteiger partial charge >= 0.3 is 0 Å². The minimum Gasteiger partial charge on any atom is -0.398 e. The predicted molar refractivity (Wildman–Crippen MR) is 66.0 cm³/mol. The third-order valence-electron chi connectivity index (χ3n) is 2.49. The molecule has 0 aliphatic heterocycles. The van der Waals surface area contributed by atoms with Crippen LogP contribution in [0.4, 0.5) is 11.4 Å². The maximum atomic E-state index is 11.3. The number of carbonyl (C=O) groups is 1. The molecule has 0 fully saturated rings. The van der Waals surface area contributed by atoms with E-state index in [0.29, 0.717) is 17.9 Å². The van der Waals surface area contributed by atoms with E-state index in [0.717, 1.165) is 12.2 Å². The first-order chi connectivity index (χ1) is 7.56. The van der Waals surface area contributed by atoms with Crippen LogP contribution in [0.25, 0.3) is 0 Å². The Morgan fingerprint density at radius 2 is 2.19 bits per heavy atom. The summed E-state index contributed by atoms with van der Waals surface area (Å²) in [7, 11) is 3.62. The van der Waals surface area contributed by atoms with E-state index in [9.17, 15) is 4.79 Å². The zero-order valence-corrected chi connectivity index (χ0v) is 9.99. The average molecular weight is 222 g/mol. The largest absolute Gasteiger partial charge is 0.398 e. The van der Waals surface area contributed by atoms with Crippen molar-refractivity contribution in [1.82, 2.24) is 0 Å². The van der Waals surface area contributed by atoms with Crippen molar-refractivity contribution in [2.24, 2.45) is 0 Å². The van der Waals surface area contributed by atoms with Crippen molar-refractivity contribution in [3.05, 3.63) is 23.8 Å². The zero-order valence-electron chi connectivity index (χ0n) is 9.99. The van der Waals surface area contributed by atoms with E-state index in [1.54, 1.807) is 13.2 Å². The number of carbonyl (C=O) groups excluding carboxylic acids is 1. The zero-order chi connectivity index (χ0) is 12.1. The first kappa shape index (κ1) is 12.5. The van der Waals surface area contributed by atoms with Gasteiger partial charge in [-0.1, -0.05) is 0 Å². The number of Topliss-reactive ketones (excluding diaryl/α,β-unsaturated/α-hetero) is 1. The number of hydrogen-bond donors (Lipinski definition) is 1. The summed E-state index contributed by atoms with van der Waals surface area (Å²) < 4.78 is 5.00. The van der Waals surface area contributed by atoms with Crippen LogP contribution < -0.4 is 10.6 Å². The monoisotopic (exact) mass is 222 g/mol. The Morgan fingerprint density at radius 1 is 1.50 bits per heavy atom. The van der Waals surface area contributed by atoms with Gasteiger partial charge in [0.1, 0.15) is 0 Å². The Balaban J connectivity index is 2.89. The molecule has 1 aromatic rings. The summed E-state index contributed by atoms with van der Waals surface area (Å²) in [6, 6.07) is 5.47. The van der Waals surface area contributed by atoms with E-state index in [1.807, 2.05) is 24.1 Å². The molecular formula is C12H18N2O2. The fourth-order valence-corrected chi connectivity index (χ4v) is 1.44. The molecule has 2 N–H and O–H groups in total. The number of hydrogen-bond acceptors (Lipinski definition) is 4. The van der Waals surface area contributed by atoms with Crippen molar-refractivity contribution < 1.29 is 9.53 Å². The van der Waals surface area contributed by atoms with Crippen LogP contribution >= 0.6 is 0 Å². The summed E-state index contributed by atoms with van der Waals surface area (Å²) in [4.78, 5) is 13.4. The number of likely N-dealkylation sites (N-methyl/N-ethyl adjacent to an activating group) is 1. The van der Waals surface area contributed by atoms with Gasteiger partial charge in [0.25, 0.3) is 0 Å². The fraction of sp³-hybridized carbons (Fsp3) is 0.417. The number of ketones is 1. The van der Waals surface area contributed by atoms with Crippen LogP contribution in [0.5, 0.6) is 0 Å². The lowest BCUT2D eigenvalue weighted by Crippen LogP contribution is -2.22. The summed E-state index contributed by atoms with van der Waals surface area (Å²) in [5.41, 5.74) is 7.79. The van der Waals surface area contributed by atoms with Crippen molar-refractivity contribution in [3.63, 3.8) is 0 Å². The van der Waals surface area contributed by atoms with Crippen LogP contribution in [-0.2, 0) is 4.74 Å². The molecule has 0 atom stereocenters. The highest BCUT2D eigenvalue weighted by Gasteiger charge is 2.08.